The summed E-state index contributed by atoms with van der Waals surface area (Å²) in [6.45, 7) is 5.27. The zero-order valence-corrected chi connectivity index (χ0v) is 18.1. The molecule has 0 radical (unpaired) electrons. The Kier molecular flexibility index (Phi) is 6.62. The standard InChI is InChI=1S/C24H29N7/c1-19-29-22-11-6-7-12-23(22)31(19)14-8-13-26-24(25-2)27-15-21-16-28-30(18-21)17-20-9-4-3-5-10-20/h3-7,9-12,16,18H,8,13-15,17H2,1-2H3,(H2,25,26,27). The first-order valence-corrected chi connectivity index (χ1v) is 10.6. The van der Waals surface area contributed by atoms with Crippen molar-refractivity contribution in [1.82, 2.24) is 30.0 Å². The summed E-state index contributed by atoms with van der Waals surface area (Å²) in [5.74, 6) is 1.85. The fourth-order valence-corrected chi connectivity index (χ4v) is 3.68. The molecule has 0 spiro atoms. The summed E-state index contributed by atoms with van der Waals surface area (Å²) >= 11 is 0. The summed E-state index contributed by atoms with van der Waals surface area (Å²) in [5.41, 5.74) is 4.61. The van der Waals surface area contributed by atoms with E-state index in [2.05, 4.69) is 73.7 Å². The number of aliphatic imine (C=N–C) groups is 1. The zero-order valence-electron chi connectivity index (χ0n) is 18.1. The van der Waals surface area contributed by atoms with Gasteiger partial charge in [-0.2, -0.15) is 5.10 Å². The summed E-state index contributed by atoms with van der Waals surface area (Å²) in [5, 5.41) is 11.2. The first-order valence-electron chi connectivity index (χ1n) is 10.6. The van der Waals surface area contributed by atoms with E-state index in [4.69, 9.17) is 0 Å². The number of imidazole rings is 1. The average molecular weight is 416 g/mol. The third kappa shape index (κ3) is 5.31. The predicted octanol–water partition coefficient (Wildman–Crippen LogP) is 3.34. The molecule has 0 bridgehead atoms. The number of aromatic nitrogens is 4. The molecule has 0 amide bonds. The molecule has 2 N–H and O–H groups in total. The van der Waals surface area contributed by atoms with Crippen LogP contribution in [0.15, 0.2) is 72.0 Å². The van der Waals surface area contributed by atoms with Gasteiger partial charge in [0.15, 0.2) is 5.96 Å². The Bertz CT molecular complexity index is 1140. The Hall–Kier alpha value is -3.61. The van der Waals surface area contributed by atoms with Crippen molar-refractivity contribution >= 4 is 17.0 Å². The van der Waals surface area contributed by atoms with Crippen LogP contribution in [0.4, 0.5) is 0 Å². The molecule has 2 heterocycles. The molecule has 0 atom stereocenters. The minimum absolute atomic E-state index is 0.680. The van der Waals surface area contributed by atoms with Crippen LogP contribution in [0.1, 0.15) is 23.4 Å². The molecule has 0 fully saturated rings. The van der Waals surface area contributed by atoms with Gasteiger partial charge in [-0.3, -0.25) is 9.67 Å². The van der Waals surface area contributed by atoms with E-state index >= 15 is 0 Å². The van der Waals surface area contributed by atoms with Crippen molar-refractivity contribution in [3.8, 4) is 0 Å². The van der Waals surface area contributed by atoms with Gasteiger partial charge in [0.25, 0.3) is 0 Å². The molecule has 2 aromatic heterocycles. The molecule has 31 heavy (non-hydrogen) atoms. The summed E-state index contributed by atoms with van der Waals surface area (Å²) in [4.78, 5) is 8.96. The van der Waals surface area contributed by atoms with Crippen molar-refractivity contribution in [1.29, 1.82) is 0 Å². The highest BCUT2D eigenvalue weighted by Crippen LogP contribution is 2.15. The van der Waals surface area contributed by atoms with Gasteiger partial charge in [0.05, 0.1) is 23.8 Å². The average Bonchev–Trinajstić information content (AvgIpc) is 3.37. The van der Waals surface area contributed by atoms with E-state index in [0.717, 1.165) is 48.9 Å². The quantitative estimate of drug-likeness (QED) is 0.263. The van der Waals surface area contributed by atoms with Gasteiger partial charge in [0.1, 0.15) is 5.82 Å². The second kappa shape index (κ2) is 9.93. The molecule has 0 aliphatic carbocycles. The number of rotatable bonds is 8. The van der Waals surface area contributed by atoms with Crippen LogP contribution in [0.2, 0.25) is 0 Å². The maximum Gasteiger partial charge on any atom is 0.191 e. The van der Waals surface area contributed by atoms with Crippen LogP contribution < -0.4 is 10.6 Å². The summed E-state index contributed by atoms with van der Waals surface area (Å²) in [6.07, 6.45) is 4.95. The minimum Gasteiger partial charge on any atom is -0.356 e. The number of aryl methyl sites for hydroxylation is 2. The minimum atomic E-state index is 0.680. The van der Waals surface area contributed by atoms with Crippen LogP contribution in [0.3, 0.4) is 0 Å². The van der Waals surface area contributed by atoms with Crippen molar-refractivity contribution in [2.24, 2.45) is 4.99 Å². The third-order valence-corrected chi connectivity index (χ3v) is 5.25. The molecule has 0 saturated carbocycles. The molecule has 7 nitrogen and oxygen atoms in total. The maximum atomic E-state index is 4.63. The maximum absolute atomic E-state index is 4.63. The first-order chi connectivity index (χ1) is 15.2. The molecule has 0 aliphatic heterocycles. The van der Waals surface area contributed by atoms with E-state index in [1.54, 1.807) is 7.05 Å². The van der Waals surface area contributed by atoms with E-state index < -0.39 is 0 Å². The number of benzene rings is 2. The van der Waals surface area contributed by atoms with Gasteiger partial charge in [-0.25, -0.2) is 4.98 Å². The normalized spacial score (nSPS) is 11.7. The molecule has 160 valence electrons. The molecule has 4 rings (SSSR count). The van der Waals surface area contributed by atoms with Crippen LogP contribution in [0, 0.1) is 6.92 Å². The number of guanidine groups is 1. The molecule has 0 saturated heterocycles. The SMILES string of the molecule is CN=C(NCCCn1c(C)nc2ccccc21)NCc1cnn(Cc2ccccc2)c1. The van der Waals surface area contributed by atoms with Crippen molar-refractivity contribution in [3.63, 3.8) is 0 Å². The van der Waals surface area contributed by atoms with Crippen molar-refractivity contribution < 1.29 is 0 Å². The van der Waals surface area contributed by atoms with Crippen molar-refractivity contribution in [3.05, 3.63) is 83.9 Å². The van der Waals surface area contributed by atoms with Gasteiger partial charge in [0, 0.05) is 38.4 Å². The molecular formula is C24H29N7. The zero-order chi connectivity index (χ0) is 21.5. The van der Waals surface area contributed by atoms with Gasteiger partial charge in [-0.15, -0.1) is 0 Å². The fraction of sp³-hybridized carbons (Fsp3) is 0.292. The van der Waals surface area contributed by atoms with Crippen molar-refractivity contribution in [2.45, 2.75) is 33.0 Å². The number of nitrogens with one attached hydrogen (secondary N) is 2. The van der Waals surface area contributed by atoms with E-state index in [1.807, 2.05) is 35.1 Å². The number of nitrogens with zero attached hydrogens (tertiary/aromatic N) is 5. The largest absolute Gasteiger partial charge is 0.356 e. The van der Waals surface area contributed by atoms with Crippen molar-refractivity contribution in [2.75, 3.05) is 13.6 Å². The lowest BCUT2D eigenvalue weighted by molar-refractivity contribution is 0.624. The molecule has 7 heteroatoms. The Labute approximate surface area is 182 Å². The first kappa shape index (κ1) is 20.7. The lowest BCUT2D eigenvalue weighted by atomic mass is 10.2. The molecule has 0 aliphatic rings. The second-order valence-corrected chi connectivity index (χ2v) is 7.54. The van der Waals surface area contributed by atoms with Crippen LogP contribution in [0.5, 0.6) is 0 Å². The Morgan fingerprint density at radius 2 is 1.81 bits per heavy atom. The van der Waals surface area contributed by atoms with E-state index in [-0.39, 0.29) is 0 Å². The van der Waals surface area contributed by atoms with Gasteiger partial charge in [0.2, 0.25) is 0 Å². The predicted molar refractivity (Wildman–Crippen MR) is 125 cm³/mol. The number of hydrogen-bond donors (Lipinski definition) is 2. The third-order valence-electron chi connectivity index (χ3n) is 5.25. The monoisotopic (exact) mass is 415 g/mol. The Balaban J connectivity index is 1.23. The summed E-state index contributed by atoms with van der Waals surface area (Å²) in [6, 6.07) is 18.6. The lowest BCUT2D eigenvalue weighted by Gasteiger charge is -2.12. The lowest BCUT2D eigenvalue weighted by Crippen LogP contribution is -2.37. The molecule has 0 unspecified atom stereocenters. The number of fused-ring (bicyclic) bond motifs is 1. The highest BCUT2D eigenvalue weighted by Gasteiger charge is 2.06. The van der Waals surface area contributed by atoms with Gasteiger partial charge >= 0.3 is 0 Å². The van der Waals surface area contributed by atoms with Crippen LogP contribution in [0.25, 0.3) is 11.0 Å². The van der Waals surface area contributed by atoms with Gasteiger partial charge in [-0.1, -0.05) is 42.5 Å². The molecule has 4 aromatic rings. The highest BCUT2D eigenvalue weighted by molar-refractivity contribution is 5.79. The second-order valence-electron chi connectivity index (χ2n) is 7.54. The Morgan fingerprint density at radius 1 is 1.00 bits per heavy atom. The Morgan fingerprint density at radius 3 is 2.65 bits per heavy atom. The summed E-state index contributed by atoms with van der Waals surface area (Å²) < 4.78 is 4.23. The van der Waals surface area contributed by atoms with Crippen LogP contribution in [-0.4, -0.2) is 38.9 Å². The van der Waals surface area contributed by atoms with E-state index in [1.165, 1.54) is 11.1 Å². The van der Waals surface area contributed by atoms with Crippen LogP contribution >= 0.6 is 0 Å². The number of para-hydroxylation sites is 2. The fourth-order valence-electron chi connectivity index (χ4n) is 3.68. The van der Waals surface area contributed by atoms with Crippen LogP contribution in [-0.2, 0) is 19.6 Å². The molecular weight excluding hydrogens is 386 g/mol. The highest BCUT2D eigenvalue weighted by atomic mass is 15.3. The van der Waals surface area contributed by atoms with Gasteiger partial charge < -0.3 is 15.2 Å². The van der Waals surface area contributed by atoms with Gasteiger partial charge in [-0.05, 0) is 31.0 Å². The number of hydrogen-bond acceptors (Lipinski definition) is 3. The summed E-state index contributed by atoms with van der Waals surface area (Å²) in [7, 11) is 1.79. The molecule has 2 aromatic carbocycles. The topological polar surface area (TPSA) is 72.1 Å². The smallest absolute Gasteiger partial charge is 0.191 e. The van der Waals surface area contributed by atoms with E-state index in [9.17, 15) is 0 Å². The van der Waals surface area contributed by atoms with E-state index in [0.29, 0.717) is 6.54 Å².